The molecule has 0 aliphatic carbocycles. The SMILES string of the molecule is COC(=O)c1[nH]cc(Cl)c1Br. The van der Waals surface area contributed by atoms with Crippen LogP contribution in [0.2, 0.25) is 5.02 Å². The first kappa shape index (κ1) is 8.62. The van der Waals surface area contributed by atoms with E-state index in [1.165, 1.54) is 13.3 Å². The Labute approximate surface area is 76.8 Å². The van der Waals surface area contributed by atoms with E-state index >= 15 is 0 Å². The average Bonchev–Trinajstić information content (AvgIpc) is 2.32. The second-order valence-electron chi connectivity index (χ2n) is 1.82. The molecule has 0 bridgehead atoms. The fourth-order valence-corrected chi connectivity index (χ4v) is 1.17. The van der Waals surface area contributed by atoms with Crippen molar-refractivity contribution in [3.05, 3.63) is 21.4 Å². The number of H-pyrrole nitrogens is 1. The highest BCUT2D eigenvalue weighted by Gasteiger charge is 2.14. The predicted octanol–water partition coefficient (Wildman–Crippen LogP) is 2.22. The van der Waals surface area contributed by atoms with Crippen molar-refractivity contribution in [1.82, 2.24) is 4.98 Å². The molecule has 0 saturated heterocycles. The van der Waals surface area contributed by atoms with E-state index in [2.05, 4.69) is 25.7 Å². The largest absolute Gasteiger partial charge is 0.464 e. The average molecular weight is 238 g/mol. The fourth-order valence-electron chi connectivity index (χ4n) is 0.632. The van der Waals surface area contributed by atoms with Crippen LogP contribution >= 0.6 is 27.5 Å². The number of aromatic amines is 1. The number of carbonyl (C=O) groups excluding carboxylic acids is 1. The van der Waals surface area contributed by atoms with Crippen molar-refractivity contribution in [1.29, 1.82) is 0 Å². The van der Waals surface area contributed by atoms with Gasteiger partial charge in [-0.25, -0.2) is 4.79 Å². The van der Waals surface area contributed by atoms with Gasteiger partial charge >= 0.3 is 5.97 Å². The summed E-state index contributed by atoms with van der Waals surface area (Å²) in [4.78, 5) is 13.6. The summed E-state index contributed by atoms with van der Waals surface area (Å²) in [5.74, 6) is -0.441. The molecule has 0 unspecified atom stereocenters. The maximum Gasteiger partial charge on any atom is 0.355 e. The fraction of sp³-hybridized carbons (Fsp3) is 0.167. The number of hydrogen-bond acceptors (Lipinski definition) is 2. The van der Waals surface area contributed by atoms with Gasteiger partial charge in [0.1, 0.15) is 5.69 Å². The number of aromatic nitrogens is 1. The Bertz CT molecular complexity index is 284. The van der Waals surface area contributed by atoms with E-state index in [0.717, 1.165) is 0 Å². The minimum Gasteiger partial charge on any atom is -0.464 e. The molecule has 0 amide bonds. The number of nitrogens with one attached hydrogen (secondary N) is 1. The Morgan fingerprint density at radius 1 is 1.82 bits per heavy atom. The number of hydrogen-bond donors (Lipinski definition) is 1. The van der Waals surface area contributed by atoms with Gasteiger partial charge in [0, 0.05) is 6.20 Å². The van der Waals surface area contributed by atoms with Crippen molar-refractivity contribution in [2.45, 2.75) is 0 Å². The Balaban J connectivity index is 3.04. The van der Waals surface area contributed by atoms with Crippen molar-refractivity contribution in [2.75, 3.05) is 7.11 Å². The molecule has 5 heteroatoms. The Morgan fingerprint density at radius 3 is 2.82 bits per heavy atom. The second-order valence-corrected chi connectivity index (χ2v) is 3.02. The van der Waals surface area contributed by atoms with Crippen LogP contribution in [0.25, 0.3) is 0 Å². The molecule has 0 fully saturated rings. The number of esters is 1. The van der Waals surface area contributed by atoms with Crippen LogP contribution < -0.4 is 0 Å². The van der Waals surface area contributed by atoms with E-state index in [-0.39, 0.29) is 0 Å². The molecule has 1 rings (SSSR count). The minimum absolute atomic E-state index is 0.331. The summed E-state index contributed by atoms with van der Waals surface area (Å²) in [6.45, 7) is 0. The molecule has 1 aromatic heterocycles. The molecule has 0 aliphatic rings. The van der Waals surface area contributed by atoms with Crippen LogP contribution in [-0.2, 0) is 4.74 Å². The maximum atomic E-state index is 10.9. The number of halogens is 2. The van der Waals surface area contributed by atoms with Crippen LogP contribution in [0.1, 0.15) is 10.5 Å². The number of rotatable bonds is 1. The van der Waals surface area contributed by atoms with E-state index in [4.69, 9.17) is 11.6 Å². The molecule has 0 aromatic carbocycles. The molecule has 11 heavy (non-hydrogen) atoms. The lowest BCUT2D eigenvalue weighted by Crippen LogP contribution is -2.01. The lowest BCUT2D eigenvalue weighted by atomic mass is 10.4. The van der Waals surface area contributed by atoms with Gasteiger partial charge in [-0.3, -0.25) is 0 Å². The highest BCUT2D eigenvalue weighted by molar-refractivity contribution is 9.10. The Hall–Kier alpha value is -0.480. The van der Waals surface area contributed by atoms with Crippen molar-refractivity contribution in [3.63, 3.8) is 0 Å². The van der Waals surface area contributed by atoms with Gasteiger partial charge < -0.3 is 9.72 Å². The summed E-state index contributed by atoms with van der Waals surface area (Å²) < 4.78 is 5.00. The van der Waals surface area contributed by atoms with Crippen LogP contribution in [0.5, 0.6) is 0 Å². The number of methoxy groups -OCH3 is 1. The van der Waals surface area contributed by atoms with Crippen molar-refractivity contribution < 1.29 is 9.53 Å². The summed E-state index contributed by atoms with van der Waals surface area (Å²) in [5, 5.41) is 0.463. The van der Waals surface area contributed by atoms with Crippen LogP contribution in [0, 0.1) is 0 Å². The highest BCUT2D eigenvalue weighted by Crippen LogP contribution is 2.25. The monoisotopic (exact) mass is 237 g/mol. The van der Waals surface area contributed by atoms with E-state index in [1.807, 2.05) is 0 Å². The molecule has 0 saturated carbocycles. The highest BCUT2D eigenvalue weighted by atomic mass is 79.9. The van der Waals surface area contributed by atoms with E-state index in [0.29, 0.717) is 15.2 Å². The van der Waals surface area contributed by atoms with E-state index < -0.39 is 5.97 Å². The molecule has 1 heterocycles. The predicted molar refractivity (Wildman–Crippen MR) is 44.8 cm³/mol. The zero-order valence-electron chi connectivity index (χ0n) is 5.65. The van der Waals surface area contributed by atoms with Crippen molar-refractivity contribution >= 4 is 33.5 Å². The topological polar surface area (TPSA) is 42.1 Å². The molecular formula is C6H5BrClNO2. The Kier molecular flexibility index (Phi) is 2.57. The lowest BCUT2D eigenvalue weighted by Gasteiger charge is -1.94. The number of carbonyl (C=O) groups is 1. The van der Waals surface area contributed by atoms with Gasteiger partial charge in [0.25, 0.3) is 0 Å². The van der Waals surface area contributed by atoms with Gasteiger partial charge in [0.05, 0.1) is 16.6 Å². The van der Waals surface area contributed by atoms with Gasteiger partial charge in [-0.15, -0.1) is 0 Å². The summed E-state index contributed by atoms with van der Waals surface area (Å²) >= 11 is 8.77. The first-order chi connectivity index (χ1) is 5.16. The molecule has 1 aromatic rings. The molecule has 60 valence electrons. The van der Waals surface area contributed by atoms with Crippen LogP contribution in [0.15, 0.2) is 10.7 Å². The van der Waals surface area contributed by atoms with Crippen LogP contribution in [0.4, 0.5) is 0 Å². The molecule has 0 atom stereocenters. The summed E-state index contributed by atoms with van der Waals surface area (Å²) in [7, 11) is 1.31. The molecule has 3 nitrogen and oxygen atoms in total. The smallest absolute Gasteiger partial charge is 0.355 e. The summed E-state index contributed by atoms with van der Waals surface area (Å²) in [6.07, 6.45) is 1.51. The lowest BCUT2D eigenvalue weighted by molar-refractivity contribution is 0.0594. The van der Waals surface area contributed by atoms with Crippen molar-refractivity contribution in [2.24, 2.45) is 0 Å². The summed E-state index contributed by atoms with van der Waals surface area (Å²) in [6, 6.07) is 0. The zero-order chi connectivity index (χ0) is 8.43. The summed E-state index contributed by atoms with van der Waals surface area (Å²) in [5.41, 5.74) is 0.331. The quantitative estimate of drug-likeness (QED) is 0.762. The molecule has 1 N–H and O–H groups in total. The van der Waals surface area contributed by atoms with Crippen molar-refractivity contribution in [3.8, 4) is 0 Å². The van der Waals surface area contributed by atoms with Gasteiger partial charge in [-0.1, -0.05) is 11.6 Å². The third kappa shape index (κ3) is 1.57. The second kappa shape index (κ2) is 3.28. The molecule has 0 spiro atoms. The van der Waals surface area contributed by atoms with Gasteiger partial charge in [0.2, 0.25) is 0 Å². The molecular weight excluding hydrogens is 233 g/mol. The first-order valence-corrected chi connectivity index (χ1v) is 3.94. The number of ether oxygens (including phenoxy) is 1. The molecule has 0 aliphatic heterocycles. The van der Waals surface area contributed by atoms with Gasteiger partial charge in [-0.2, -0.15) is 0 Å². The molecule has 0 radical (unpaired) electrons. The van der Waals surface area contributed by atoms with Gasteiger partial charge in [0.15, 0.2) is 0 Å². The minimum atomic E-state index is -0.441. The van der Waals surface area contributed by atoms with Crippen LogP contribution in [0.3, 0.4) is 0 Å². The maximum absolute atomic E-state index is 10.9. The Morgan fingerprint density at radius 2 is 2.45 bits per heavy atom. The van der Waals surface area contributed by atoms with E-state index in [9.17, 15) is 4.79 Å². The first-order valence-electron chi connectivity index (χ1n) is 2.77. The third-order valence-electron chi connectivity index (χ3n) is 1.16. The standard InChI is InChI=1S/C6H5BrClNO2/c1-11-6(10)5-4(7)3(8)2-9-5/h2,9H,1H3. The van der Waals surface area contributed by atoms with Gasteiger partial charge in [-0.05, 0) is 15.9 Å². The third-order valence-corrected chi connectivity index (χ3v) is 2.51. The van der Waals surface area contributed by atoms with E-state index in [1.54, 1.807) is 0 Å². The van der Waals surface area contributed by atoms with Crippen LogP contribution in [-0.4, -0.2) is 18.1 Å². The zero-order valence-corrected chi connectivity index (χ0v) is 7.99. The normalized spacial score (nSPS) is 9.73.